The maximum absolute atomic E-state index is 13.3. The van der Waals surface area contributed by atoms with Crippen LogP contribution in [0, 0.1) is 0 Å². The number of carbonyl (C=O) groups is 2. The molecule has 1 aliphatic carbocycles. The molecule has 0 saturated carbocycles. The number of allylic oxidation sites excluding steroid dienone is 4. The quantitative estimate of drug-likeness (QED) is 0.316. The summed E-state index contributed by atoms with van der Waals surface area (Å²) in [6.07, 6.45) is 11.5. The fraction of sp³-hybridized carbons (Fsp3) is 0.207. The number of hydrogen-bond donors (Lipinski definition) is 1. The summed E-state index contributed by atoms with van der Waals surface area (Å²) >= 11 is 1.69. The number of rotatable bonds is 7. The van der Waals surface area contributed by atoms with Crippen LogP contribution in [0.5, 0.6) is 0 Å². The first-order valence-corrected chi connectivity index (χ1v) is 12.7. The topological polar surface area (TPSA) is 73.2 Å². The third-order valence-electron chi connectivity index (χ3n) is 6.51. The maximum Gasteiger partial charge on any atom is 0.337 e. The van der Waals surface area contributed by atoms with E-state index in [0.29, 0.717) is 23.6 Å². The van der Waals surface area contributed by atoms with E-state index in [1.165, 1.54) is 12.7 Å². The summed E-state index contributed by atoms with van der Waals surface area (Å²) in [5.74, 6) is -0.186. The van der Waals surface area contributed by atoms with Gasteiger partial charge in [0.2, 0.25) is 0 Å². The standard InChI is InChI=1S/C29H27N3O3S/c1-19(21-10-12-24(13-11-21)29(34)35-2)31-27(33)25-5-3-4-22-14-16-32(26(22)25)18-20-6-8-23(9-7-20)28-30-15-17-36-28/h3-8,10-17,19,23H,9,18H2,1-2H3,(H,31,33)/t19-,23?/m0/s1. The SMILES string of the molecule is COC(=O)c1ccc([C@H](C)NC(=O)c2cccc3ccn(CC4=CCC(c5nccs5)C=C4)c23)cc1. The monoisotopic (exact) mass is 497 g/mol. The van der Waals surface area contributed by atoms with E-state index < -0.39 is 0 Å². The van der Waals surface area contributed by atoms with Gasteiger partial charge in [0.15, 0.2) is 0 Å². The average molecular weight is 498 g/mol. The Bertz CT molecular complexity index is 1450. The molecule has 6 nitrogen and oxygen atoms in total. The van der Waals surface area contributed by atoms with Gasteiger partial charge in [-0.2, -0.15) is 0 Å². The van der Waals surface area contributed by atoms with Crippen molar-refractivity contribution < 1.29 is 14.3 Å². The Balaban J connectivity index is 1.32. The van der Waals surface area contributed by atoms with Crippen molar-refractivity contribution in [3.8, 4) is 0 Å². The second kappa shape index (κ2) is 10.3. The third kappa shape index (κ3) is 4.88. The molecule has 2 aromatic carbocycles. The van der Waals surface area contributed by atoms with Gasteiger partial charge in [0.05, 0.1) is 34.8 Å². The maximum atomic E-state index is 13.3. The molecule has 0 bridgehead atoms. The number of carbonyl (C=O) groups excluding carboxylic acids is 2. The molecule has 0 saturated heterocycles. The van der Waals surface area contributed by atoms with Crippen LogP contribution in [0.15, 0.2) is 90.1 Å². The molecule has 5 rings (SSSR count). The highest BCUT2D eigenvalue weighted by Crippen LogP contribution is 2.29. The van der Waals surface area contributed by atoms with Gasteiger partial charge >= 0.3 is 5.97 Å². The number of aromatic nitrogens is 2. The highest BCUT2D eigenvalue weighted by Gasteiger charge is 2.18. The minimum atomic E-state index is -0.382. The molecule has 2 atom stereocenters. The summed E-state index contributed by atoms with van der Waals surface area (Å²) in [5.41, 5.74) is 4.16. The predicted octanol–water partition coefficient (Wildman–Crippen LogP) is 6.05. The molecule has 4 aromatic rings. The van der Waals surface area contributed by atoms with Crippen LogP contribution in [0.4, 0.5) is 0 Å². The van der Waals surface area contributed by atoms with Crippen molar-refractivity contribution in [2.45, 2.75) is 31.8 Å². The van der Waals surface area contributed by atoms with Crippen molar-refractivity contribution >= 4 is 34.1 Å². The number of ether oxygens (including phenoxy) is 1. The van der Waals surface area contributed by atoms with E-state index in [9.17, 15) is 9.59 Å². The molecule has 0 spiro atoms. The van der Waals surface area contributed by atoms with Gasteiger partial charge in [0, 0.05) is 35.6 Å². The molecule has 0 fully saturated rings. The number of para-hydroxylation sites is 1. The lowest BCUT2D eigenvalue weighted by atomic mass is 9.97. The van der Waals surface area contributed by atoms with Crippen LogP contribution < -0.4 is 5.32 Å². The molecule has 0 aliphatic heterocycles. The fourth-order valence-electron chi connectivity index (χ4n) is 4.54. The second-order valence-electron chi connectivity index (χ2n) is 8.85. The smallest absolute Gasteiger partial charge is 0.337 e. The van der Waals surface area contributed by atoms with Gasteiger partial charge in [-0.05, 0) is 48.7 Å². The zero-order chi connectivity index (χ0) is 25.1. The van der Waals surface area contributed by atoms with Crippen LogP contribution >= 0.6 is 11.3 Å². The van der Waals surface area contributed by atoms with Gasteiger partial charge in [-0.3, -0.25) is 4.79 Å². The van der Waals surface area contributed by atoms with Crippen LogP contribution in [-0.4, -0.2) is 28.5 Å². The summed E-state index contributed by atoms with van der Waals surface area (Å²) in [7, 11) is 1.36. The predicted molar refractivity (Wildman–Crippen MR) is 142 cm³/mol. The van der Waals surface area contributed by atoms with E-state index in [1.54, 1.807) is 23.5 Å². The van der Waals surface area contributed by atoms with Crippen molar-refractivity contribution in [3.63, 3.8) is 0 Å². The summed E-state index contributed by atoms with van der Waals surface area (Å²) in [6, 6.07) is 14.7. The lowest BCUT2D eigenvalue weighted by Crippen LogP contribution is -2.27. The number of esters is 1. The van der Waals surface area contributed by atoms with E-state index in [2.05, 4.69) is 33.1 Å². The second-order valence-corrected chi connectivity index (χ2v) is 9.77. The van der Waals surface area contributed by atoms with Gasteiger partial charge in [-0.25, -0.2) is 9.78 Å². The molecule has 1 N–H and O–H groups in total. The summed E-state index contributed by atoms with van der Waals surface area (Å²) < 4.78 is 6.90. The molecule has 2 aromatic heterocycles. The van der Waals surface area contributed by atoms with Gasteiger partial charge in [-0.15, -0.1) is 11.3 Å². The lowest BCUT2D eigenvalue weighted by Gasteiger charge is -2.17. The molecule has 1 amide bonds. The average Bonchev–Trinajstić information content (AvgIpc) is 3.59. The summed E-state index contributed by atoms with van der Waals surface area (Å²) in [6.45, 7) is 2.63. The number of amides is 1. The molecule has 1 unspecified atom stereocenters. The van der Waals surface area contributed by atoms with Crippen molar-refractivity contribution in [1.82, 2.24) is 14.9 Å². The van der Waals surface area contributed by atoms with Crippen LogP contribution in [0.1, 0.15) is 56.6 Å². The number of benzene rings is 2. The van der Waals surface area contributed by atoms with Gasteiger partial charge in [0.1, 0.15) is 0 Å². The summed E-state index contributed by atoms with van der Waals surface area (Å²) in [4.78, 5) is 29.5. The number of nitrogens with one attached hydrogen (secondary N) is 1. The molecule has 1 aliphatic rings. The van der Waals surface area contributed by atoms with E-state index >= 15 is 0 Å². The van der Waals surface area contributed by atoms with E-state index in [-0.39, 0.29) is 17.9 Å². The van der Waals surface area contributed by atoms with Gasteiger partial charge < -0.3 is 14.6 Å². The largest absolute Gasteiger partial charge is 0.465 e. The minimum absolute atomic E-state index is 0.137. The molecule has 7 heteroatoms. The normalized spacial score (nSPS) is 15.9. The first kappa shape index (κ1) is 23.8. The Kier molecular flexibility index (Phi) is 6.82. The van der Waals surface area contributed by atoms with Crippen molar-refractivity contribution in [2.75, 3.05) is 7.11 Å². The zero-order valence-corrected chi connectivity index (χ0v) is 21.0. The minimum Gasteiger partial charge on any atom is -0.465 e. The highest BCUT2D eigenvalue weighted by atomic mass is 32.1. The summed E-state index contributed by atoms with van der Waals surface area (Å²) in [5, 5.41) is 7.29. The van der Waals surface area contributed by atoms with E-state index in [1.807, 2.05) is 61.1 Å². The van der Waals surface area contributed by atoms with Gasteiger partial charge in [-0.1, -0.05) is 42.5 Å². The molecule has 182 valence electrons. The molecule has 2 heterocycles. The number of nitrogens with zero attached hydrogens (tertiary/aromatic N) is 2. The molecular weight excluding hydrogens is 470 g/mol. The van der Waals surface area contributed by atoms with Gasteiger partial charge in [0.25, 0.3) is 5.91 Å². The third-order valence-corrected chi connectivity index (χ3v) is 7.42. The Morgan fingerprint density at radius 1 is 1.19 bits per heavy atom. The van der Waals surface area contributed by atoms with Crippen molar-refractivity contribution in [1.29, 1.82) is 0 Å². The fourth-order valence-corrected chi connectivity index (χ4v) is 5.27. The van der Waals surface area contributed by atoms with E-state index in [4.69, 9.17) is 4.74 Å². The Hall–Kier alpha value is -3.97. The first-order chi connectivity index (χ1) is 17.5. The Labute approximate surface area is 213 Å². The van der Waals surface area contributed by atoms with Crippen LogP contribution in [-0.2, 0) is 11.3 Å². The van der Waals surface area contributed by atoms with Crippen molar-refractivity contribution in [2.24, 2.45) is 0 Å². The molecular formula is C29H27N3O3S. The van der Waals surface area contributed by atoms with Crippen LogP contribution in [0.2, 0.25) is 0 Å². The number of hydrogen-bond acceptors (Lipinski definition) is 5. The molecule has 36 heavy (non-hydrogen) atoms. The Morgan fingerprint density at radius 2 is 2.03 bits per heavy atom. The van der Waals surface area contributed by atoms with Crippen LogP contribution in [0.3, 0.4) is 0 Å². The number of fused-ring (bicyclic) bond motifs is 1. The number of methoxy groups -OCH3 is 1. The van der Waals surface area contributed by atoms with E-state index in [0.717, 1.165) is 27.9 Å². The van der Waals surface area contributed by atoms with Crippen molar-refractivity contribution in [3.05, 3.63) is 112 Å². The lowest BCUT2D eigenvalue weighted by molar-refractivity contribution is 0.0600. The highest BCUT2D eigenvalue weighted by molar-refractivity contribution is 7.09. The Morgan fingerprint density at radius 3 is 2.72 bits per heavy atom. The zero-order valence-electron chi connectivity index (χ0n) is 20.2. The molecule has 0 radical (unpaired) electrons. The number of thiazole rings is 1. The first-order valence-electron chi connectivity index (χ1n) is 11.9. The van der Waals surface area contributed by atoms with Crippen LogP contribution in [0.25, 0.3) is 10.9 Å².